The fraction of sp³-hybridized carbons (Fsp3) is 0.129. The zero-order valence-corrected chi connectivity index (χ0v) is 22.1. The number of nitrogens with zero attached hydrogens (tertiary/aromatic N) is 3. The number of fused-ring (bicyclic) bond motifs is 2. The summed E-state index contributed by atoms with van der Waals surface area (Å²) in [5, 5.41) is 14.3. The van der Waals surface area contributed by atoms with Crippen LogP contribution in [0.15, 0.2) is 85.2 Å². The Hall–Kier alpha value is -5.38. The molecule has 0 saturated heterocycles. The van der Waals surface area contributed by atoms with E-state index in [1.54, 1.807) is 12.1 Å². The Morgan fingerprint density at radius 1 is 0.927 bits per heavy atom. The SMILES string of the molecule is NC(=O)Oc1ccc(Cn2c([CH]Cc3c[nH]c4ccccc34)nnc2[C@@H](Cc2c[nH]c3ccccc23)NC=O)cc1. The van der Waals surface area contributed by atoms with E-state index in [9.17, 15) is 9.59 Å². The van der Waals surface area contributed by atoms with Crippen molar-refractivity contribution in [2.75, 3.05) is 0 Å². The lowest BCUT2D eigenvalue weighted by Gasteiger charge is -2.18. The van der Waals surface area contributed by atoms with E-state index in [0.29, 0.717) is 43.2 Å². The van der Waals surface area contributed by atoms with Crippen molar-refractivity contribution < 1.29 is 14.3 Å². The number of nitrogens with two attached hydrogens (primary N) is 1. The number of primary amides is 1. The molecule has 0 bridgehead atoms. The van der Waals surface area contributed by atoms with Crippen molar-refractivity contribution in [2.45, 2.75) is 25.4 Å². The standard InChI is InChI=1S/C31H28N7O3/c32-31(40)41-23-12-9-20(10-13-23)18-38-29(14-11-21-16-33-26-7-3-1-5-24(21)26)36-37-30(38)28(35-19-39)15-22-17-34-27-8-4-2-6-25(22)27/h1-10,12-14,16-17,19,28,33-34H,11,15,18H2,(H2,32,40)(H,35,39)/t28-/m1/s1. The minimum absolute atomic E-state index is 0.358. The highest BCUT2D eigenvalue weighted by Crippen LogP contribution is 2.26. The maximum absolute atomic E-state index is 11.7. The zero-order valence-electron chi connectivity index (χ0n) is 22.1. The summed E-state index contributed by atoms with van der Waals surface area (Å²) < 4.78 is 6.99. The van der Waals surface area contributed by atoms with Crippen LogP contribution in [0.3, 0.4) is 0 Å². The molecule has 0 aliphatic heterocycles. The fourth-order valence-electron chi connectivity index (χ4n) is 5.19. The van der Waals surface area contributed by atoms with Crippen LogP contribution in [-0.4, -0.2) is 37.2 Å². The number of benzene rings is 3. The third-order valence-corrected chi connectivity index (χ3v) is 7.15. The number of rotatable bonds is 11. The number of ether oxygens (including phenoxy) is 1. The summed E-state index contributed by atoms with van der Waals surface area (Å²) in [6.07, 6.45) is 7.01. The van der Waals surface area contributed by atoms with E-state index >= 15 is 0 Å². The van der Waals surface area contributed by atoms with Crippen LogP contribution >= 0.6 is 0 Å². The molecule has 6 rings (SSSR count). The minimum atomic E-state index is -0.868. The normalized spacial score (nSPS) is 12.0. The summed E-state index contributed by atoms with van der Waals surface area (Å²) in [6.45, 7) is 0.434. The number of H-pyrrole nitrogens is 2. The van der Waals surface area contributed by atoms with E-state index < -0.39 is 12.1 Å². The average Bonchev–Trinajstić information content (AvgIpc) is 3.70. The van der Waals surface area contributed by atoms with Gasteiger partial charge in [-0.3, -0.25) is 4.79 Å². The predicted octanol–water partition coefficient (Wildman–Crippen LogP) is 4.57. The van der Waals surface area contributed by atoms with E-state index in [0.717, 1.165) is 38.5 Å². The van der Waals surface area contributed by atoms with E-state index in [1.165, 1.54) is 0 Å². The van der Waals surface area contributed by atoms with Gasteiger partial charge in [-0.15, -0.1) is 10.2 Å². The number of carbonyl (C=O) groups excluding carboxylic acids is 2. The molecule has 3 aromatic carbocycles. The van der Waals surface area contributed by atoms with Gasteiger partial charge in [0.1, 0.15) is 11.6 Å². The fourth-order valence-corrected chi connectivity index (χ4v) is 5.19. The van der Waals surface area contributed by atoms with E-state index in [4.69, 9.17) is 10.5 Å². The predicted molar refractivity (Wildman–Crippen MR) is 155 cm³/mol. The zero-order chi connectivity index (χ0) is 28.2. The van der Waals surface area contributed by atoms with Crippen molar-refractivity contribution in [2.24, 2.45) is 5.73 Å². The molecule has 2 amide bonds. The van der Waals surface area contributed by atoms with Gasteiger partial charge >= 0.3 is 6.09 Å². The average molecular weight is 547 g/mol. The topological polar surface area (TPSA) is 144 Å². The quantitative estimate of drug-likeness (QED) is 0.176. The van der Waals surface area contributed by atoms with Gasteiger partial charge in [0, 0.05) is 47.0 Å². The summed E-state index contributed by atoms with van der Waals surface area (Å²) in [5.41, 5.74) is 10.4. The van der Waals surface area contributed by atoms with Crippen LogP contribution in [-0.2, 0) is 24.2 Å². The van der Waals surface area contributed by atoms with Gasteiger partial charge in [-0.2, -0.15) is 0 Å². The molecule has 0 fully saturated rings. The lowest BCUT2D eigenvalue weighted by molar-refractivity contribution is -0.110. The van der Waals surface area contributed by atoms with Gasteiger partial charge < -0.3 is 30.3 Å². The van der Waals surface area contributed by atoms with Crippen LogP contribution in [0.2, 0.25) is 0 Å². The number of carbonyl (C=O) groups is 2. The number of para-hydroxylation sites is 2. The maximum Gasteiger partial charge on any atom is 0.409 e. The number of nitrogens with one attached hydrogen (secondary N) is 3. The molecule has 41 heavy (non-hydrogen) atoms. The van der Waals surface area contributed by atoms with Gasteiger partial charge in [0.15, 0.2) is 5.82 Å². The summed E-state index contributed by atoms with van der Waals surface area (Å²) in [7, 11) is 0. The maximum atomic E-state index is 11.7. The monoisotopic (exact) mass is 546 g/mol. The number of aromatic amines is 2. The lowest BCUT2D eigenvalue weighted by Crippen LogP contribution is -2.26. The smallest absolute Gasteiger partial charge is 0.409 e. The third-order valence-electron chi connectivity index (χ3n) is 7.15. The molecular formula is C31H28N7O3. The second kappa shape index (κ2) is 11.4. The third kappa shape index (κ3) is 5.53. The molecular weight excluding hydrogens is 518 g/mol. The van der Waals surface area contributed by atoms with E-state index in [2.05, 4.69) is 37.6 Å². The Labute approximate surface area is 235 Å². The van der Waals surface area contributed by atoms with Crippen LogP contribution in [0.1, 0.15) is 34.4 Å². The molecule has 0 saturated carbocycles. The van der Waals surface area contributed by atoms with Crippen LogP contribution in [0, 0.1) is 6.42 Å². The first-order chi connectivity index (χ1) is 20.1. The number of hydrogen-bond donors (Lipinski definition) is 4. The first-order valence-corrected chi connectivity index (χ1v) is 13.2. The molecule has 0 aliphatic rings. The highest BCUT2D eigenvalue weighted by Gasteiger charge is 2.23. The summed E-state index contributed by atoms with van der Waals surface area (Å²) >= 11 is 0. The molecule has 0 unspecified atom stereocenters. The first kappa shape index (κ1) is 25.9. The number of amides is 2. The molecule has 10 nitrogen and oxygen atoms in total. The first-order valence-electron chi connectivity index (χ1n) is 13.2. The lowest BCUT2D eigenvalue weighted by atomic mass is 10.0. The van der Waals surface area contributed by atoms with Gasteiger partial charge in [-0.05, 0) is 47.4 Å². The Kier molecular flexibility index (Phi) is 7.19. The van der Waals surface area contributed by atoms with Crippen molar-refractivity contribution in [1.82, 2.24) is 30.0 Å². The van der Waals surface area contributed by atoms with Gasteiger partial charge in [0.05, 0.1) is 12.6 Å². The molecule has 1 radical (unpaired) electrons. The highest BCUT2D eigenvalue weighted by atomic mass is 16.5. The molecule has 1 atom stereocenters. The molecule has 3 heterocycles. The second-order valence-electron chi connectivity index (χ2n) is 9.74. The minimum Gasteiger partial charge on any atom is -0.411 e. The summed E-state index contributed by atoms with van der Waals surface area (Å²) in [4.78, 5) is 29.5. The van der Waals surface area contributed by atoms with Crippen LogP contribution in [0.5, 0.6) is 5.75 Å². The Morgan fingerprint density at radius 2 is 1.59 bits per heavy atom. The molecule has 3 aromatic heterocycles. The van der Waals surface area contributed by atoms with Crippen molar-refractivity contribution >= 4 is 34.3 Å². The molecule has 205 valence electrons. The van der Waals surface area contributed by atoms with Crippen molar-refractivity contribution in [3.8, 4) is 5.75 Å². The van der Waals surface area contributed by atoms with E-state index in [1.807, 2.05) is 71.9 Å². The van der Waals surface area contributed by atoms with Crippen LogP contribution < -0.4 is 15.8 Å². The molecule has 0 aliphatic carbocycles. The summed E-state index contributed by atoms with van der Waals surface area (Å²) in [5.74, 6) is 1.67. The van der Waals surface area contributed by atoms with Gasteiger partial charge in [-0.25, -0.2) is 4.79 Å². The Morgan fingerprint density at radius 3 is 2.27 bits per heavy atom. The van der Waals surface area contributed by atoms with Crippen molar-refractivity contribution in [3.05, 3.63) is 120 Å². The van der Waals surface area contributed by atoms with Gasteiger partial charge in [0.25, 0.3) is 0 Å². The van der Waals surface area contributed by atoms with Gasteiger partial charge in [0.2, 0.25) is 6.41 Å². The van der Waals surface area contributed by atoms with Crippen molar-refractivity contribution in [1.29, 1.82) is 0 Å². The highest BCUT2D eigenvalue weighted by molar-refractivity contribution is 5.84. The van der Waals surface area contributed by atoms with Crippen LogP contribution in [0.4, 0.5) is 4.79 Å². The molecule has 5 N–H and O–H groups in total. The molecule has 6 aromatic rings. The van der Waals surface area contributed by atoms with Gasteiger partial charge in [-0.1, -0.05) is 48.5 Å². The van der Waals surface area contributed by atoms with Crippen molar-refractivity contribution in [3.63, 3.8) is 0 Å². The number of hydrogen-bond acceptors (Lipinski definition) is 5. The molecule has 0 spiro atoms. The van der Waals surface area contributed by atoms with Crippen LogP contribution in [0.25, 0.3) is 21.8 Å². The van der Waals surface area contributed by atoms with E-state index in [-0.39, 0.29) is 0 Å². The number of aromatic nitrogens is 5. The Balaban J connectivity index is 1.33. The largest absolute Gasteiger partial charge is 0.411 e. The molecule has 10 heteroatoms. The Bertz CT molecular complexity index is 1820. The summed E-state index contributed by atoms with van der Waals surface area (Å²) in [6, 6.07) is 22.9. The second-order valence-corrected chi connectivity index (χ2v) is 9.74.